The minimum atomic E-state index is -0.429. The van der Waals surface area contributed by atoms with E-state index in [0.717, 1.165) is 32.0 Å². The van der Waals surface area contributed by atoms with E-state index >= 15 is 0 Å². The molecule has 0 atom stereocenters. The minimum absolute atomic E-state index is 0.347. The van der Waals surface area contributed by atoms with Gasteiger partial charge in [-0.05, 0) is 19.2 Å². The third kappa shape index (κ3) is 2.20. The highest BCUT2D eigenvalue weighted by molar-refractivity contribution is 6.01. The summed E-state index contributed by atoms with van der Waals surface area (Å²) in [5.74, 6) is 0.468. The Hall–Kier alpha value is -2.15. The predicted molar refractivity (Wildman–Crippen MR) is 74.9 cm³/mol. The van der Waals surface area contributed by atoms with E-state index in [0.29, 0.717) is 16.7 Å². The second-order valence-corrected chi connectivity index (χ2v) is 4.92. The van der Waals surface area contributed by atoms with E-state index in [9.17, 15) is 4.79 Å². The van der Waals surface area contributed by atoms with Crippen molar-refractivity contribution in [3.63, 3.8) is 0 Å². The molecule has 0 amide bonds. The molecule has 7 nitrogen and oxygen atoms in total. The number of hydrogen-bond donors (Lipinski definition) is 1. The lowest BCUT2D eigenvalue weighted by Gasteiger charge is -2.33. The van der Waals surface area contributed by atoms with Gasteiger partial charge in [-0.2, -0.15) is 5.10 Å². The van der Waals surface area contributed by atoms with E-state index in [1.54, 1.807) is 0 Å². The number of fused-ring (bicyclic) bond motifs is 1. The van der Waals surface area contributed by atoms with Crippen LogP contribution in [0.4, 0.5) is 5.82 Å². The SMILES string of the molecule is COC(=O)c1[nH]nc2nc(N3CCN(C)CC3)ccc12. The van der Waals surface area contributed by atoms with Crippen molar-refractivity contribution in [2.75, 3.05) is 45.2 Å². The molecule has 0 radical (unpaired) electrons. The number of rotatable bonds is 2. The van der Waals surface area contributed by atoms with Gasteiger partial charge in [-0.3, -0.25) is 5.10 Å². The number of aromatic nitrogens is 3. The van der Waals surface area contributed by atoms with Gasteiger partial charge in [-0.15, -0.1) is 0 Å². The zero-order chi connectivity index (χ0) is 14.1. The molecule has 1 N–H and O–H groups in total. The van der Waals surface area contributed by atoms with Gasteiger partial charge in [0, 0.05) is 26.2 Å². The molecule has 1 saturated heterocycles. The number of anilines is 1. The van der Waals surface area contributed by atoms with Crippen LogP contribution in [0.5, 0.6) is 0 Å². The number of nitrogens with zero attached hydrogens (tertiary/aromatic N) is 4. The van der Waals surface area contributed by atoms with Crippen molar-refractivity contribution in [3.8, 4) is 0 Å². The first-order valence-corrected chi connectivity index (χ1v) is 6.56. The van der Waals surface area contributed by atoms with Gasteiger partial charge in [0.05, 0.1) is 12.5 Å². The van der Waals surface area contributed by atoms with E-state index < -0.39 is 5.97 Å². The lowest BCUT2D eigenvalue weighted by molar-refractivity contribution is 0.0596. The van der Waals surface area contributed by atoms with Gasteiger partial charge in [0.1, 0.15) is 5.82 Å². The number of pyridine rings is 1. The number of piperazine rings is 1. The van der Waals surface area contributed by atoms with Crippen LogP contribution in [0.15, 0.2) is 12.1 Å². The quantitative estimate of drug-likeness (QED) is 0.804. The van der Waals surface area contributed by atoms with Crippen molar-refractivity contribution >= 4 is 22.8 Å². The third-order valence-corrected chi connectivity index (χ3v) is 3.62. The third-order valence-electron chi connectivity index (χ3n) is 3.62. The molecule has 20 heavy (non-hydrogen) atoms. The van der Waals surface area contributed by atoms with Gasteiger partial charge in [0.25, 0.3) is 0 Å². The molecule has 1 aliphatic rings. The van der Waals surface area contributed by atoms with Crippen LogP contribution in [0.1, 0.15) is 10.5 Å². The Balaban J connectivity index is 1.90. The first-order valence-electron chi connectivity index (χ1n) is 6.56. The summed E-state index contributed by atoms with van der Waals surface area (Å²) < 4.78 is 4.71. The van der Waals surface area contributed by atoms with Gasteiger partial charge in [0.15, 0.2) is 11.3 Å². The fourth-order valence-corrected chi connectivity index (χ4v) is 2.36. The molecular formula is C13H17N5O2. The largest absolute Gasteiger partial charge is 0.464 e. The highest BCUT2D eigenvalue weighted by Crippen LogP contribution is 2.20. The highest BCUT2D eigenvalue weighted by atomic mass is 16.5. The average molecular weight is 275 g/mol. The number of esters is 1. The summed E-state index contributed by atoms with van der Waals surface area (Å²) in [7, 11) is 3.46. The van der Waals surface area contributed by atoms with Crippen molar-refractivity contribution in [1.29, 1.82) is 0 Å². The maximum absolute atomic E-state index is 11.6. The number of nitrogens with one attached hydrogen (secondary N) is 1. The Bertz CT molecular complexity index is 631. The maximum atomic E-state index is 11.6. The number of H-pyrrole nitrogens is 1. The highest BCUT2D eigenvalue weighted by Gasteiger charge is 2.18. The Morgan fingerprint density at radius 3 is 2.75 bits per heavy atom. The van der Waals surface area contributed by atoms with Crippen LogP contribution in [-0.2, 0) is 4.74 Å². The molecule has 3 heterocycles. The normalized spacial score (nSPS) is 16.6. The predicted octanol–water partition coefficient (Wildman–Crippen LogP) is 0.496. The maximum Gasteiger partial charge on any atom is 0.356 e. The average Bonchev–Trinajstić information content (AvgIpc) is 2.90. The number of carbonyl (C=O) groups is 1. The van der Waals surface area contributed by atoms with Crippen LogP contribution in [-0.4, -0.2) is 66.4 Å². The van der Waals surface area contributed by atoms with E-state index in [4.69, 9.17) is 4.74 Å². The fourth-order valence-electron chi connectivity index (χ4n) is 2.36. The summed E-state index contributed by atoms with van der Waals surface area (Å²) in [5, 5.41) is 7.46. The molecule has 1 fully saturated rings. The standard InChI is InChI=1S/C13H17N5O2/c1-17-5-7-18(8-6-17)10-4-3-9-11(13(19)20-2)15-16-12(9)14-10/h3-4H,5-8H2,1-2H3,(H,14,15,16). The van der Waals surface area contributed by atoms with Crippen LogP contribution in [0.3, 0.4) is 0 Å². The Kier molecular flexibility index (Phi) is 3.27. The first kappa shape index (κ1) is 12.9. The monoisotopic (exact) mass is 275 g/mol. The summed E-state index contributed by atoms with van der Waals surface area (Å²) in [6, 6.07) is 3.79. The summed E-state index contributed by atoms with van der Waals surface area (Å²) in [6.45, 7) is 3.94. The van der Waals surface area contributed by atoms with E-state index in [2.05, 4.69) is 32.0 Å². The molecule has 0 aromatic carbocycles. The fraction of sp³-hybridized carbons (Fsp3) is 0.462. The summed E-state index contributed by atoms with van der Waals surface area (Å²) >= 11 is 0. The van der Waals surface area contributed by atoms with Crippen LogP contribution in [0.25, 0.3) is 11.0 Å². The number of methoxy groups -OCH3 is 1. The van der Waals surface area contributed by atoms with Crippen molar-refractivity contribution in [3.05, 3.63) is 17.8 Å². The molecule has 0 aliphatic carbocycles. The molecule has 0 spiro atoms. The van der Waals surface area contributed by atoms with E-state index in [1.807, 2.05) is 12.1 Å². The van der Waals surface area contributed by atoms with Crippen molar-refractivity contribution in [1.82, 2.24) is 20.1 Å². The summed E-state index contributed by atoms with van der Waals surface area (Å²) in [4.78, 5) is 20.6. The molecule has 2 aromatic rings. The lowest BCUT2D eigenvalue weighted by Crippen LogP contribution is -2.44. The van der Waals surface area contributed by atoms with Gasteiger partial charge in [0.2, 0.25) is 0 Å². The number of hydrogen-bond acceptors (Lipinski definition) is 6. The Morgan fingerprint density at radius 2 is 2.05 bits per heavy atom. The summed E-state index contributed by atoms with van der Waals surface area (Å²) in [6.07, 6.45) is 0. The van der Waals surface area contributed by atoms with E-state index in [1.165, 1.54) is 7.11 Å². The van der Waals surface area contributed by atoms with E-state index in [-0.39, 0.29) is 0 Å². The number of aromatic amines is 1. The molecule has 0 saturated carbocycles. The van der Waals surface area contributed by atoms with Crippen molar-refractivity contribution in [2.24, 2.45) is 0 Å². The molecule has 1 aliphatic heterocycles. The second-order valence-electron chi connectivity index (χ2n) is 4.92. The number of ether oxygens (including phenoxy) is 1. The molecule has 0 bridgehead atoms. The van der Waals surface area contributed by atoms with Gasteiger partial charge < -0.3 is 14.5 Å². The molecule has 106 valence electrons. The Morgan fingerprint density at radius 1 is 1.30 bits per heavy atom. The molecule has 0 unspecified atom stereocenters. The van der Waals surface area contributed by atoms with Crippen LogP contribution in [0, 0.1) is 0 Å². The molecule has 3 rings (SSSR count). The topological polar surface area (TPSA) is 74.3 Å². The van der Waals surface area contributed by atoms with Crippen LogP contribution in [0.2, 0.25) is 0 Å². The van der Waals surface area contributed by atoms with Gasteiger partial charge in [-0.25, -0.2) is 9.78 Å². The zero-order valence-electron chi connectivity index (χ0n) is 11.6. The van der Waals surface area contributed by atoms with Crippen LogP contribution >= 0.6 is 0 Å². The lowest BCUT2D eigenvalue weighted by atomic mass is 10.2. The molecular weight excluding hydrogens is 258 g/mol. The second kappa shape index (κ2) is 5.09. The van der Waals surface area contributed by atoms with Crippen LogP contribution < -0.4 is 4.90 Å². The smallest absolute Gasteiger partial charge is 0.356 e. The van der Waals surface area contributed by atoms with Crippen molar-refractivity contribution in [2.45, 2.75) is 0 Å². The van der Waals surface area contributed by atoms with Crippen molar-refractivity contribution < 1.29 is 9.53 Å². The summed E-state index contributed by atoms with van der Waals surface area (Å²) in [5.41, 5.74) is 0.891. The Labute approximate surface area is 116 Å². The molecule has 2 aromatic heterocycles. The number of likely N-dealkylation sites (N-methyl/N-ethyl adjacent to an activating group) is 1. The first-order chi connectivity index (χ1) is 9.69. The molecule has 7 heteroatoms. The minimum Gasteiger partial charge on any atom is -0.464 e. The zero-order valence-corrected chi connectivity index (χ0v) is 11.6. The number of carbonyl (C=O) groups excluding carboxylic acids is 1. The van der Waals surface area contributed by atoms with Gasteiger partial charge >= 0.3 is 5.97 Å². The van der Waals surface area contributed by atoms with Gasteiger partial charge in [-0.1, -0.05) is 0 Å².